The standard InChI is InChI=1S/C13H16N4O/c14-16-12(18)7-4-9-17-10-8-15-13(17)11-5-2-1-3-6-11/h1-3,5-6,8,10H,4,7,9,14H2,(H,16,18). The number of rotatable bonds is 5. The van der Waals surface area contributed by atoms with E-state index in [1.807, 2.05) is 41.1 Å². The van der Waals surface area contributed by atoms with Gasteiger partial charge >= 0.3 is 0 Å². The highest BCUT2D eigenvalue weighted by Crippen LogP contribution is 2.17. The molecule has 0 saturated carbocycles. The zero-order valence-corrected chi connectivity index (χ0v) is 10.0. The van der Waals surface area contributed by atoms with Gasteiger partial charge in [-0.25, -0.2) is 10.8 Å². The maximum Gasteiger partial charge on any atom is 0.233 e. The van der Waals surface area contributed by atoms with Gasteiger partial charge in [0.1, 0.15) is 5.82 Å². The van der Waals surface area contributed by atoms with E-state index >= 15 is 0 Å². The lowest BCUT2D eigenvalue weighted by Crippen LogP contribution is -2.29. The summed E-state index contributed by atoms with van der Waals surface area (Å²) in [6.45, 7) is 0.748. The van der Waals surface area contributed by atoms with Crippen LogP contribution in [0.4, 0.5) is 0 Å². The molecule has 2 rings (SSSR count). The zero-order chi connectivity index (χ0) is 12.8. The molecule has 0 bridgehead atoms. The third-order valence-corrected chi connectivity index (χ3v) is 2.71. The highest BCUT2D eigenvalue weighted by atomic mass is 16.2. The van der Waals surface area contributed by atoms with Crippen molar-refractivity contribution in [2.24, 2.45) is 5.84 Å². The number of nitrogens with two attached hydrogens (primary N) is 1. The van der Waals surface area contributed by atoms with Crippen molar-refractivity contribution in [3.63, 3.8) is 0 Å². The van der Waals surface area contributed by atoms with E-state index in [4.69, 9.17) is 5.84 Å². The van der Waals surface area contributed by atoms with Gasteiger partial charge in [0.2, 0.25) is 5.91 Å². The van der Waals surface area contributed by atoms with Gasteiger partial charge in [0, 0.05) is 30.9 Å². The van der Waals surface area contributed by atoms with Crippen LogP contribution in [-0.2, 0) is 11.3 Å². The second kappa shape index (κ2) is 5.97. The predicted molar refractivity (Wildman–Crippen MR) is 69.2 cm³/mol. The number of nitrogens with one attached hydrogen (secondary N) is 1. The van der Waals surface area contributed by atoms with Gasteiger partial charge in [0.05, 0.1) is 0 Å². The summed E-state index contributed by atoms with van der Waals surface area (Å²) in [5, 5.41) is 0. The van der Waals surface area contributed by atoms with Crippen LogP contribution in [0.3, 0.4) is 0 Å². The first-order valence-electron chi connectivity index (χ1n) is 5.87. The molecular formula is C13H16N4O. The summed E-state index contributed by atoms with van der Waals surface area (Å²) in [5.41, 5.74) is 3.20. The van der Waals surface area contributed by atoms with E-state index in [0.717, 1.165) is 24.4 Å². The van der Waals surface area contributed by atoms with Gasteiger partial charge in [-0.1, -0.05) is 30.3 Å². The number of aryl methyl sites for hydroxylation is 1. The van der Waals surface area contributed by atoms with Crippen LogP contribution in [0.1, 0.15) is 12.8 Å². The molecule has 1 heterocycles. The summed E-state index contributed by atoms with van der Waals surface area (Å²) >= 11 is 0. The van der Waals surface area contributed by atoms with Crippen molar-refractivity contribution in [3.05, 3.63) is 42.7 Å². The largest absolute Gasteiger partial charge is 0.331 e. The highest BCUT2D eigenvalue weighted by Gasteiger charge is 2.05. The first kappa shape index (κ1) is 12.3. The number of aromatic nitrogens is 2. The monoisotopic (exact) mass is 244 g/mol. The van der Waals surface area contributed by atoms with Crippen LogP contribution < -0.4 is 11.3 Å². The van der Waals surface area contributed by atoms with Crippen molar-refractivity contribution in [1.29, 1.82) is 0 Å². The van der Waals surface area contributed by atoms with E-state index in [2.05, 4.69) is 10.4 Å². The number of benzene rings is 1. The fourth-order valence-corrected chi connectivity index (χ4v) is 1.82. The van der Waals surface area contributed by atoms with Gasteiger partial charge in [-0.05, 0) is 6.42 Å². The van der Waals surface area contributed by atoms with E-state index in [0.29, 0.717) is 6.42 Å². The van der Waals surface area contributed by atoms with Crippen molar-refractivity contribution in [2.45, 2.75) is 19.4 Å². The Balaban J connectivity index is 2.03. The number of hydrogen-bond donors (Lipinski definition) is 2. The minimum atomic E-state index is -0.142. The molecule has 0 aliphatic rings. The lowest BCUT2D eigenvalue weighted by Gasteiger charge is -2.07. The van der Waals surface area contributed by atoms with Crippen LogP contribution in [0.5, 0.6) is 0 Å². The fourth-order valence-electron chi connectivity index (χ4n) is 1.82. The average molecular weight is 244 g/mol. The topological polar surface area (TPSA) is 72.9 Å². The molecule has 0 spiro atoms. The van der Waals surface area contributed by atoms with Crippen molar-refractivity contribution in [1.82, 2.24) is 15.0 Å². The minimum absolute atomic E-state index is 0.142. The van der Waals surface area contributed by atoms with Gasteiger partial charge in [0.15, 0.2) is 0 Å². The Kier molecular flexibility index (Phi) is 4.09. The average Bonchev–Trinajstić information content (AvgIpc) is 2.88. The molecule has 2 aromatic rings. The first-order valence-corrected chi connectivity index (χ1v) is 5.87. The molecule has 0 aliphatic heterocycles. The molecule has 18 heavy (non-hydrogen) atoms. The minimum Gasteiger partial charge on any atom is -0.331 e. The molecule has 5 heteroatoms. The summed E-state index contributed by atoms with van der Waals surface area (Å²) < 4.78 is 2.04. The van der Waals surface area contributed by atoms with Gasteiger partial charge in [-0.3, -0.25) is 10.2 Å². The van der Waals surface area contributed by atoms with Crippen molar-refractivity contribution in [3.8, 4) is 11.4 Å². The van der Waals surface area contributed by atoms with Gasteiger partial charge in [-0.15, -0.1) is 0 Å². The normalized spacial score (nSPS) is 10.3. The molecule has 5 nitrogen and oxygen atoms in total. The summed E-state index contributed by atoms with van der Waals surface area (Å²) in [6.07, 6.45) is 4.84. The second-order valence-corrected chi connectivity index (χ2v) is 3.98. The van der Waals surface area contributed by atoms with Crippen LogP contribution in [-0.4, -0.2) is 15.5 Å². The molecular weight excluding hydrogens is 228 g/mol. The van der Waals surface area contributed by atoms with Crippen molar-refractivity contribution >= 4 is 5.91 Å². The van der Waals surface area contributed by atoms with E-state index < -0.39 is 0 Å². The second-order valence-electron chi connectivity index (χ2n) is 3.98. The Bertz CT molecular complexity index is 507. The molecule has 0 atom stereocenters. The molecule has 1 aromatic carbocycles. The van der Waals surface area contributed by atoms with E-state index in [-0.39, 0.29) is 5.91 Å². The quantitative estimate of drug-likeness (QED) is 0.473. The predicted octanol–water partition coefficient (Wildman–Crippen LogP) is 1.32. The molecule has 0 radical (unpaired) electrons. The Morgan fingerprint density at radius 1 is 1.33 bits per heavy atom. The Hall–Kier alpha value is -2.14. The van der Waals surface area contributed by atoms with Gasteiger partial charge in [0.25, 0.3) is 0 Å². The highest BCUT2D eigenvalue weighted by molar-refractivity contribution is 5.75. The maximum absolute atomic E-state index is 11.0. The molecule has 94 valence electrons. The molecule has 0 unspecified atom stereocenters. The fraction of sp³-hybridized carbons (Fsp3) is 0.231. The third-order valence-electron chi connectivity index (χ3n) is 2.71. The van der Waals surface area contributed by atoms with Gasteiger partial charge < -0.3 is 4.57 Å². The summed E-state index contributed by atoms with van der Waals surface area (Å²) in [7, 11) is 0. The van der Waals surface area contributed by atoms with Crippen LogP contribution in [0.2, 0.25) is 0 Å². The van der Waals surface area contributed by atoms with E-state index in [1.54, 1.807) is 6.20 Å². The number of carbonyl (C=O) groups is 1. The number of amides is 1. The number of nitrogens with zero attached hydrogens (tertiary/aromatic N) is 2. The van der Waals surface area contributed by atoms with Crippen LogP contribution in [0.25, 0.3) is 11.4 Å². The summed E-state index contributed by atoms with van der Waals surface area (Å²) in [6, 6.07) is 9.98. The van der Waals surface area contributed by atoms with Crippen molar-refractivity contribution in [2.75, 3.05) is 0 Å². The number of hydrogen-bond acceptors (Lipinski definition) is 3. The van der Waals surface area contributed by atoms with Crippen LogP contribution >= 0.6 is 0 Å². The smallest absolute Gasteiger partial charge is 0.233 e. The maximum atomic E-state index is 11.0. The molecule has 1 aromatic heterocycles. The van der Waals surface area contributed by atoms with E-state index in [9.17, 15) is 4.79 Å². The van der Waals surface area contributed by atoms with Crippen LogP contribution in [0, 0.1) is 0 Å². The van der Waals surface area contributed by atoms with Gasteiger partial charge in [-0.2, -0.15) is 0 Å². The zero-order valence-electron chi connectivity index (χ0n) is 10.0. The molecule has 1 amide bonds. The lowest BCUT2D eigenvalue weighted by molar-refractivity contribution is -0.121. The SMILES string of the molecule is NNC(=O)CCCn1ccnc1-c1ccccc1. The Morgan fingerprint density at radius 3 is 2.83 bits per heavy atom. The lowest BCUT2D eigenvalue weighted by atomic mass is 10.2. The van der Waals surface area contributed by atoms with Crippen LogP contribution in [0.15, 0.2) is 42.7 Å². The molecule has 0 aliphatic carbocycles. The molecule has 0 saturated heterocycles. The van der Waals surface area contributed by atoms with E-state index in [1.165, 1.54) is 0 Å². The summed E-state index contributed by atoms with van der Waals surface area (Å²) in [5.74, 6) is 5.81. The molecule has 3 N–H and O–H groups in total. The molecule has 0 fully saturated rings. The number of hydrazine groups is 1. The Labute approximate surface area is 106 Å². The summed E-state index contributed by atoms with van der Waals surface area (Å²) in [4.78, 5) is 15.4. The van der Waals surface area contributed by atoms with Crippen molar-refractivity contribution < 1.29 is 4.79 Å². The number of imidazole rings is 1. The first-order chi connectivity index (χ1) is 8.81. The third kappa shape index (κ3) is 2.95. The Morgan fingerprint density at radius 2 is 2.11 bits per heavy atom. The number of carbonyl (C=O) groups excluding carboxylic acids is 1.